The molecule has 4 atom stereocenters. The van der Waals surface area contributed by atoms with Crippen molar-refractivity contribution < 1.29 is 0 Å². The zero-order valence-corrected chi connectivity index (χ0v) is 29.0. The van der Waals surface area contributed by atoms with Crippen LogP contribution in [0.2, 0.25) is 0 Å². The van der Waals surface area contributed by atoms with Crippen molar-refractivity contribution in [3.05, 3.63) is 169 Å². The van der Waals surface area contributed by atoms with Crippen LogP contribution in [0.1, 0.15) is 30.5 Å². The summed E-state index contributed by atoms with van der Waals surface area (Å²) in [4.78, 5) is 2.40. The SMILES string of the molecule is C=C/C=C\C1C(C)N(c2ccc(-c3cccc(-c4cccc(C#N)c4-n4c5ccccc5c5cc(C#N)ccc54)c3)cc2C#N)C2C=CC=CC12C. The highest BCUT2D eigenvalue weighted by Crippen LogP contribution is 2.51. The summed E-state index contributed by atoms with van der Waals surface area (Å²) in [5.41, 5.74) is 9.00. The number of hydrogen-bond donors (Lipinski definition) is 0. The van der Waals surface area contributed by atoms with Crippen molar-refractivity contribution in [1.29, 1.82) is 15.8 Å². The first-order chi connectivity index (χ1) is 25.4. The molecule has 1 fully saturated rings. The molecule has 52 heavy (non-hydrogen) atoms. The van der Waals surface area contributed by atoms with Gasteiger partial charge < -0.3 is 9.47 Å². The second-order valence-corrected chi connectivity index (χ2v) is 13.8. The van der Waals surface area contributed by atoms with Gasteiger partial charge in [0.25, 0.3) is 0 Å². The van der Waals surface area contributed by atoms with Gasteiger partial charge in [-0.15, -0.1) is 0 Å². The van der Waals surface area contributed by atoms with E-state index in [1.165, 1.54) is 0 Å². The Balaban J connectivity index is 1.24. The minimum absolute atomic E-state index is 0.103. The molecule has 0 saturated carbocycles. The summed E-state index contributed by atoms with van der Waals surface area (Å²) in [6.45, 7) is 8.44. The number of fused-ring (bicyclic) bond motifs is 4. The number of nitriles is 3. The van der Waals surface area contributed by atoms with Gasteiger partial charge in [0, 0.05) is 33.7 Å². The zero-order valence-electron chi connectivity index (χ0n) is 29.0. The fourth-order valence-corrected chi connectivity index (χ4v) is 8.61. The summed E-state index contributed by atoms with van der Waals surface area (Å²) in [6, 6.07) is 41.7. The van der Waals surface area contributed by atoms with E-state index in [0.29, 0.717) is 16.7 Å². The van der Waals surface area contributed by atoms with Crippen molar-refractivity contribution in [2.45, 2.75) is 25.9 Å². The Morgan fingerprint density at radius 2 is 1.50 bits per heavy atom. The summed E-state index contributed by atoms with van der Waals surface area (Å²) in [6.07, 6.45) is 14.9. The maximum Gasteiger partial charge on any atom is 0.101 e. The molecule has 1 aliphatic carbocycles. The van der Waals surface area contributed by atoms with Gasteiger partial charge in [0.05, 0.1) is 51.2 Å². The lowest BCUT2D eigenvalue weighted by Crippen LogP contribution is -2.39. The summed E-state index contributed by atoms with van der Waals surface area (Å²) < 4.78 is 2.15. The number of hydrogen-bond acceptors (Lipinski definition) is 4. The van der Waals surface area contributed by atoms with E-state index >= 15 is 0 Å². The third-order valence-corrected chi connectivity index (χ3v) is 11.0. The number of nitrogens with zero attached hydrogens (tertiary/aromatic N) is 5. The van der Waals surface area contributed by atoms with E-state index in [9.17, 15) is 15.8 Å². The number of anilines is 1. The highest BCUT2D eigenvalue weighted by atomic mass is 15.2. The fourth-order valence-electron chi connectivity index (χ4n) is 8.61. The van der Waals surface area contributed by atoms with Gasteiger partial charge in [-0.2, -0.15) is 15.8 Å². The molecule has 6 aromatic rings. The first kappa shape index (κ1) is 32.3. The Bertz CT molecular complexity index is 2650. The maximum absolute atomic E-state index is 10.6. The molecular weight excluding hydrogens is 635 g/mol. The summed E-state index contributed by atoms with van der Waals surface area (Å²) in [5, 5.41) is 32.6. The summed E-state index contributed by atoms with van der Waals surface area (Å²) >= 11 is 0. The summed E-state index contributed by atoms with van der Waals surface area (Å²) in [7, 11) is 0. The van der Waals surface area contributed by atoms with E-state index in [-0.39, 0.29) is 23.4 Å². The molecule has 2 heterocycles. The van der Waals surface area contributed by atoms with Crippen molar-refractivity contribution in [2.24, 2.45) is 11.3 Å². The summed E-state index contributed by atoms with van der Waals surface area (Å²) in [5.74, 6) is 0.237. The number of allylic oxidation sites excluding steroid dienone is 4. The zero-order chi connectivity index (χ0) is 36.0. The molecule has 5 heteroatoms. The number of aromatic nitrogens is 1. The number of rotatable bonds is 6. The molecule has 1 aromatic heterocycles. The van der Waals surface area contributed by atoms with Crippen molar-refractivity contribution in [3.63, 3.8) is 0 Å². The van der Waals surface area contributed by atoms with E-state index in [1.807, 2.05) is 66.7 Å². The number of para-hydroxylation sites is 2. The standard InChI is InChI=1S/C47H35N5/c1-4-5-17-41-31(2)51(45-19-8-9-24-47(41,45)3)42-23-21-34(27-37(42)30-50)33-12-10-13-35(26-33)38-16-11-14-36(29-49)46(38)52-43-18-7-6-15-39(43)40-25-32(28-48)20-22-44(40)52/h4-27,31,41,45H,1H2,2-3H3/b17-5-. The normalized spacial score (nSPS) is 20.5. The van der Waals surface area contributed by atoms with Crippen LogP contribution >= 0.6 is 0 Å². The van der Waals surface area contributed by atoms with Gasteiger partial charge >= 0.3 is 0 Å². The number of benzene rings is 5. The van der Waals surface area contributed by atoms with E-state index < -0.39 is 0 Å². The molecule has 5 aromatic carbocycles. The smallest absolute Gasteiger partial charge is 0.101 e. The minimum atomic E-state index is -0.128. The molecule has 0 radical (unpaired) electrons. The second kappa shape index (κ2) is 12.8. The van der Waals surface area contributed by atoms with Crippen LogP contribution in [0.3, 0.4) is 0 Å². The lowest BCUT2D eigenvalue weighted by atomic mass is 9.71. The largest absolute Gasteiger partial charge is 0.360 e. The molecule has 5 nitrogen and oxygen atoms in total. The van der Waals surface area contributed by atoms with E-state index in [4.69, 9.17) is 0 Å². The van der Waals surface area contributed by atoms with Crippen LogP contribution in [0, 0.1) is 45.3 Å². The molecule has 0 bridgehead atoms. The average molecular weight is 670 g/mol. The highest BCUT2D eigenvalue weighted by molar-refractivity contribution is 6.10. The predicted octanol–water partition coefficient (Wildman–Crippen LogP) is 10.8. The Morgan fingerprint density at radius 3 is 2.31 bits per heavy atom. The van der Waals surface area contributed by atoms with E-state index in [2.05, 4.69) is 127 Å². The lowest BCUT2D eigenvalue weighted by Gasteiger charge is -2.36. The maximum atomic E-state index is 10.6. The van der Waals surface area contributed by atoms with Crippen LogP contribution in [-0.2, 0) is 0 Å². The molecule has 0 N–H and O–H groups in total. The van der Waals surface area contributed by atoms with Crippen LogP contribution < -0.4 is 4.90 Å². The monoisotopic (exact) mass is 669 g/mol. The van der Waals surface area contributed by atoms with Crippen LogP contribution in [-0.4, -0.2) is 16.7 Å². The molecule has 8 rings (SSSR count). The van der Waals surface area contributed by atoms with Gasteiger partial charge in [-0.25, -0.2) is 0 Å². The van der Waals surface area contributed by atoms with Crippen LogP contribution in [0.25, 0.3) is 49.7 Å². The highest BCUT2D eigenvalue weighted by Gasteiger charge is 2.52. The van der Waals surface area contributed by atoms with Gasteiger partial charge in [-0.05, 0) is 72.1 Å². The Hall–Kier alpha value is -6.87. The van der Waals surface area contributed by atoms with Gasteiger partial charge in [-0.3, -0.25) is 0 Å². The van der Waals surface area contributed by atoms with Gasteiger partial charge in [0.2, 0.25) is 0 Å². The first-order valence-corrected chi connectivity index (χ1v) is 17.5. The molecular formula is C47H35N5. The molecule has 0 spiro atoms. The van der Waals surface area contributed by atoms with Crippen molar-refractivity contribution in [1.82, 2.24) is 4.57 Å². The van der Waals surface area contributed by atoms with E-state index in [0.717, 1.165) is 55.4 Å². The fraction of sp³-hybridized carbons (Fsp3) is 0.128. The molecule has 0 amide bonds. The molecule has 248 valence electrons. The Kier molecular flexibility index (Phi) is 7.95. The van der Waals surface area contributed by atoms with Crippen molar-refractivity contribution in [2.75, 3.05) is 4.90 Å². The topological polar surface area (TPSA) is 79.5 Å². The van der Waals surface area contributed by atoms with Crippen LogP contribution in [0.15, 0.2) is 152 Å². The lowest BCUT2D eigenvalue weighted by molar-refractivity contribution is 0.339. The first-order valence-electron chi connectivity index (χ1n) is 17.5. The van der Waals surface area contributed by atoms with Crippen molar-refractivity contribution in [3.8, 4) is 46.1 Å². The Labute approximate surface area is 304 Å². The van der Waals surface area contributed by atoms with E-state index in [1.54, 1.807) is 0 Å². The molecule has 2 aliphatic rings. The molecule has 1 saturated heterocycles. The quantitative estimate of drug-likeness (QED) is 0.165. The Morgan fingerprint density at radius 1 is 0.731 bits per heavy atom. The predicted molar refractivity (Wildman–Crippen MR) is 211 cm³/mol. The van der Waals surface area contributed by atoms with Crippen LogP contribution in [0.4, 0.5) is 5.69 Å². The van der Waals surface area contributed by atoms with Gasteiger partial charge in [0.15, 0.2) is 0 Å². The molecule has 4 unspecified atom stereocenters. The molecule has 1 aliphatic heterocycles. The van der Waals surface area contributed by atoms with Crippen LogP contribution in [0.5, 0.6) is 0 Å². The van der Waals surface area contributed by atoms with Crippen molar-refractivity contribution >= 4 is 27.5 Å². The average Bonchev–Trinajstić information content (AvgIpc) is 3.63. The third kappa shape index (κ3) is 4.97. The minimum Gasteiger partial charge on any atom is -0.360 e. The van der Waals surface area contributed by atoms with Gasteiger partial charge in [-0.1, -0.05) is 111 Å². The van der Waals surface area contributed by atoms with Gasteiger partial charge in [0.1, 0.15) is 12.1 Å². The third-order valence-electron chi connectivity index (χ3n) is 11.0. The second-order valence-electron chi connectivity index (χ2n) is 13.8.